The fourth-order valence-corrected chi connectivity index (χ4v) is 2.90. The largest absolute Gasteiger partial charge is 0.471 e. The highest BCUT2D eigenvalue weighted by Gasteiger charge is 2.24. The Morgan fingerprint density at radius 3 is 2.86 bits per heavy atom. The lowest BCUT2D eigenvalue weighted by Crippen LogP contribution is -2.38. The average Bonchev–Trinajstić information content (AvgIpc) is 3.03. The lowest BCUT2D eigenvalue weighted by atomic mass is 9.93. The molecule has 1 aliphatic carbocycles. The molecule has 0 unspecified atom stereocenters. The summed E-state index contributed by atoms with van der Waals surface area (Å²) in [4.78, 5) is 16.7. The monoisotopic (exact) mass is 306 g/mol. The van der Waals surface area contributed by atoms with Gasteiger partial charge >= 0.3 is 0 Å². The number of carbonyl (C=O) groups is 1. The van der Waals surface area contributed by atoms with Gasteiger partial charge in [0, 0.05) is 18.7 Å². The van der Waals surface area contributed by atoms with Crippen LogP contribution in [-0.2, 0) is 4.74 Å². The van der Waals surface area contributed by atoms with Gasteiger partial charge in [0.05, 0.1) is 19.3 Å². The van der Waals surface area contributed by atoms with Gasteiger partial charge in [-0.15, -0.1) is 0 Å². The molecule has 1 amide bonds. The van der Waals surface area contributed by atoms with Gasteiger partial charge in [-0.3, -0.25) is 4.79 Å². The molecule has 1 aromatic heterocycles. The second-order valence-corrected chi connectivity index (χ2v) is 5.94. The summed E-state index contributed by atoms with van der Waals surface area (Å²) in [5.41, 5.74) is 0.459. The third kappa shape index (κ3) is 3.75. The maximum absolute atomic E-state index is 12.5. The molecule has 0 spiro atoms. The second kappa shape index (κ2) is 7.07. The van der Waals surface area contributed by atoms with E-state index in [4.69, 9.17) is 9.47 Å². The first-order chi connectivity index (χ1) is 10.7. The number of hydrogen-bond donors (Lipinski definition) is 2. The van der Waals surface area contributed by atoms with Crippen molar-refractivity contribution in [3.63, 3.8) is 0 Å². The SMILES string of the molecule is O=C(NC1CCC(O)CC1)c1cccnc1O[C@@H]1CCOC1. The van der Waals surface area contributed by atoms with E-state index >= 15 is 0 Å². The number of hydrogen-bond acceptors (Lipinski definition) is 5. The fourth-order valence-electron chi connectivity index (χ4n) is 2.90. The van der Waals surface area contributed by atoms with Gasteiger partial charge in [-0.2, -0.15) is 0 Å². The van der Waals surface area contributed by atoms with E-state index in [1.54, 1.807) is 18.3 Å². The van der Waals surface area contributed by atoms with Gasteiger partial charge < -0.3 is 19.9 Å². The van der Waals surface area contributed by atoms with Gasteiger partial charge in [0.2, 0.25) is 5.88 Å². The number of aliphatic hydroxyl groups is 1. The number of pyridine rings is 1. The molecule has 2 fully saturated rings. The number of aliphatic hydroxyl groups excluding tert-OH is 1. The number of amides is 1. The number of ether oxygens (including phenoxy) is 2. The molecule has 1 aliphatic heterocycles. The molecule has 0 radical (unpaired) electrons. The smallest absolute Gasteiger partial charge is 0.256 e. The maximum atomic E-state index is 12.5. The molecule has 6 nitrogen and oxygen atoms in total. The van der Waals surface area contributed by atoms with E-state index in [-0.39, 0.29) is 24.2 Å². The van der Waals surface area contributed by atoms with Crippen molar-refractivity contribution in [2.75, 3.05) is 13.2 Å². The highest BCUT2D eigenvalue weighted by molar-refractivity contribution is 5.96. The highest BCUT2D eigenvalue weighted by atomic mass is 16.5. The van der Waals surface area contributed by atoms with Crippen molar-refractivity contribution in [1.82, 2.24) is 10.3 Å². The summed E-state index contributed by atoms with van der Waals surface area (Å²) in [7, 11) is 0. The Balaban J connectivity index is 1.64. The van der Waals surface area contributed by atoms with Crippen LogP contribution in [0.3, 0.4) is 0 Å². The van der Waals surface area contributed by atoms with E-state index in [1.807, 2.05) is 0 Å². The van der Waals surface area contributed by atoms with Crippen molar-refractivity contribution >= 4 is 5.91 Å². The molecule has 1 aromatic rings. The molecule has 2 aliphatic rings. The van der Waals surface area contributed by atoms with E-state index in [9.17, 15) is 9.90 Å². The van der Waals surface area contributed by atoms with E-state index in [0.717, 1.165) is 32.1 Å². The van der Waals surface area contributed by atoms with E-state index in [0.29, 0.717) is 24.7 Å². The Labute approximate surface area is 129 Å². The van der Waals surface area contributed by atoms with Gasteiger partial charge in [-0.05, 0) is 37.8 Å². The minimum Gasteiger partial charge on any atom is -0.471 e. The molecule has 6 heteroatoms. The zero-order valence-electron chi connectivity index (χ0n) is 12.5. The number of nitrogens with zero attached hydrogens (tertiary/aromatic N) is 1. The van der Waals surface area contributed by atoms with Gasteiger partial charge in [0.1, 0.15) is 11.7 Å². The quantitative estimate of drug-likeness (QED) is 0.876. The lowest BCUT2D eigenvalue weighted by Gasteiger charge is -2.26. The van der Waals surface area contributed by atoms with Crippen LogP contribution in [0.5, 0.6) is 5.88 Å². The van der Waals surface area contributed by atoms with Crippen LogP contribution in [0, 0.1) is 0 Å². The van der Waals surface area contributed by atoms with Crippen LogP contribution in [0.15, 0.2) is 18.3 Å². The van der Waals surface area contributed by atoms with E-state index in [1.165, 1.54) is 0 Å². The lowest BCUT2D eigenvalue weighted by molar-refractivity contribution is 0.0857. The van der Waals surface area contributed by atoms with Crippen molar-refractivity contribution in [3.8, 4) is 5.88 Å². The number of rotatable bonds is 4. The van der Waals surface area contributed by atoms with Crippen molar-refractivity contribution in [1.29, 1.82) is 0 Å². The summed E-state index contributed by atoms with van der Waals surface area (Å²) >= 11 is 0. The van der Waals surface area contributed by atoms with Crippen LogP contribution in [0.1, 0.15) is 42.5 Å². The Morgan fingerprint density at radius 2 is 2.14 bits per heavy atom. The predicted molar refractivity (Wildman–Crippen MR) is 79.8 cm³/mol. The van der Waals surface area contributed by atoms with Crippen LogP contribution < -0.4 is 10.1 Å². The molecule has 1 saturated heterocycles. The van der Waals surface area contributed by atoms with Gasteiger partial charge in [0.25, 0.3) is 5.91 Å². The topological polar surface area (TPSA) is 80.7 Å². The fraction of sp³-hybridized carbons (Fsp3) is 0.625. The summed E-state index contributed by atoms with van der Waals surface area (Å²) < 4.78 is 11.1. The molecule has 120 valence electrons. The van der Waals surface area contributed by atoms with E-state index < -0.39 is 0 Å². The standard InChI is InChI=1S/C16H22N2O4/c19-12-5-3-11(4-6-12)18-15(20)14-2-1-8-17-16(14)22-13-7-9-21-10-13/h1-2,8,11-13,19H,3-7,9-10H2,(H,18,20)/t11?,12?,13-/m1/s1. The third-order valence-corrected chi connectivity index (χ3v) is 4.21. The van der Waals surface area contributed by atoms with Gasteiger partial charge in [-0.1, -0.05) is 0 Å². The summed E-state index contributed by atoms with van der Waals surface area (Å²) in [5, 5.41) is 12.5. The summed E-state index contributed by atoms with van der Waals surface area (Å²) in [6.07, 6.45) is 5.26. The molecular weight excluding hydrogens is 284 g/mol. The van der Waals surface area contributed by atoms with Crippen LogP contribution in [0.2, 0.25) is 0 Å². The summed E-state index contributed by atoms with van der Waals surface area (Å²) in [6, 6.07) is 3.57. The summed E-state index contributed by atoms with van der Waals surface area (Å²) in [5.74, 6) is 0.203. The molecule has 22 heavy (non-hydrogen) atoms. The zero-order valence-corrected chi connectivity index (χ0v) is 12.5. The Kier molecular flexibility index (Phi) is 4.90. The van der Waals surface area contributed by atoms with Crippen molar-refractivity contribution < 1.29 is 19.4 Å². The summed E-state index contributed by atoms with van der Waals surface area (Å²) in [6.45, 7) is 1.22. The molecule has 2 N–H and O–H groups in total. The number of carbonyl (C=O) groups excluding carboxylic acids is 1. The van der Waals surface area contributed by atoms with Crippen LogP contribution >= 0.6 is 0 Å². The first kappa shape index (κ1) is 15.2. The predicted octanol–water partition coefficient (Wildman–Crippen LogP) is 1.28. The first-order valence-electron chi connectivity index (χ1n) is 7.90. The Hall–Kier alpha value is -1.66. The molecule has 1 atom stereocenters. The van der Waals surface area contributed by atoms with Crippen molar-refractivity contribution in [2.45, 2.75) is 50.4 Å². The van der Waals surface area contributed by atoms with Crippen LogP contribution in [-0.4, -0.2) is 47.5 Å². The molecule has 1 saturated carbocycles. The molecule has 3 rings (SSSR count). The number of nitrogens with one attached hydrogen (secondary N) is 1. The second-order valence-electron chi connectivity index (χ2n) is 5.94. The average molecular weight is 306 g/mol. The molecular formula is C16H22N2O4. The van der Waals surface area contributed by atoms with Gasteiger partial charge in [-0.25, -0.2) is 4.98 Å². The molecule has 0 bridgehead atoms. The Bertz CT molecular complexity index is 509. The van der Waals surface area contributed by atoms with Crippen molar-refractivity contribution in [3.05, 3.63) is 23.9 Å². The normalized spacial score (nSPS) is 28.3. The maximum Gasteiger partial charge on any atom is 0.256 e. The Morgan fingerprint density at radius 1 is 1.32 bits per heavy atom. The first-order valence-corrected chi connectivity index (χ1v) is 7.90. The zero-order chi connectivity index (χ0) is 15.4. The van der Waals surface area contributed by atoms with Crippen molar-refractivity contribution in [2.24, 2.45) is 0 Å². The van der Waals surface area contributed by atoms with Crippen LogP contribution in [0.4, 0.5) is 0 Å². The van der Waals surface area contributed by atoms with E-state index in [2.05, 4.69) is 10.3 Å². The highest BCUT2D eigenvalue weighted by Crippen LogP contribution is 2.22. The molecule has 2 heterocycles. The van der Waals surface area contributed by atoms with Gasteiger partial charge in [0.15, 0.2) is 0 Å². The molecule has 0 aromatic carbocycles. The van der Waals surface area contributed by atoms with Crippen LogP contribution in [0.25, 0.3) is 0 Å². The third-order valence-electron chi connectivity index (χ3n) is 4.21. The minimum atomic E-state index is -0.229. The number of aromatic nitrogens is 1. The minimum absolute atomic E-state index is 0.0359.